The van der Waals surface area contributed by atoms with Crippen molar-refractivity contribution in [2.24, 2.45) is 0 Å². The van der Waals surface area contributed by atoms with Gasteiger partial charge in [-0.15, -0.1) is 11.5 Å². The van der Waals surface area contributed by atoms with E-state index in [4.69, 9.17) is 0 Å². The van der Waals surface area contributed by atoms with E-state index in [1.807, 2.05) is 57.8 Å². The van der Waals surface area contributed by atoms with Crippen LogP contribution in [0.5, 0.6) is 0 Å². The topological polar surface area (TPSA) is 0 Å². The molecule has 0 bridgehead atoms. The average Bonchev–Trinajstić information content (AvgIpc) is 2.90. The third-order valence-electron chi connectivity index (χ3n) is 1.80. The molecule has 10 radical (unpaired) electrons. The molecule has 0 aromatic carbocycles. The van der Waals surface area contributed by atoms with Gasteiger partial charge in [0.2, 0.25) is 0 Å². The molecule has 0 aromatic heterocycles. The van der Waals surface area contributed by atoms with Crippen molar-refractivity contribution in [2.45, 2.75) is 19.6 Å². The van der Waals surface area contributed by atoms with E-state index >= 15 is 0 Å². The maximum atomic E-state index is 3.31. The third-order valence-corrected chi connectivity index (χ3v) is 2.68. The first-order valence-corrected chi connectivity index (χ1v) is 8.99. The fraction of sp³-hybridized carbons (Fsp3) is 0.200. The van der Waals surface area contributed by atoms with Gasteiger partial charge >= 0.3 is 17.1 Å². The molecule has 2 aliphatic rings. The molecule has 88 valence electrons. The molecular weight excluding hydrogens is 264 g/mol. The Balaban J connectivity index is 0.000000360. The van der Waals surface area contributed by atoms with E-state index < -0.39 is 8.07 Å². The van der Waals surface area contributed by atoms with Gasteiger partial charge in [-0.1, -0.05) is 19.6 Å². The summed E-state index contributed by atoms with van der Waals surface area (Å²) in [5.74, 6) is 4.32. The van der Waals surface area contributed by atoms with Crippen molar-refractivity contribution in [1.29, 1.82) is 0 Å². The Morgan fingerprint density at radius 3 is 1.53 bits per heavy atom. The zero-order valence-corrected chi connectivity index (χ0v) is 12.7. The minimum absolute atomic E-state index is 0. The van der Waals surface area contributed by atoms with Crippen molar-refractivity contribution in [3.63, 3.8) is 0 Å². The fourth-order valence-corrected chi connectivity index (χ4v) is 1.56. The Bertz CT molecular complexity index is 226. The largest absolute Gasteiger partial charge is 2.00 e. The third kappa shape index (κ3) is 9.95. The molecule has 0 nitrogen and oxygen atoms in total. The van der Waals surface area contributed by atoms with Gasteiger partial charge in [0.25, 0.3) is 0 Å². The average molecular weight is 282 g/mol. The van der Waals surface area contributed by atoms with Gasteiger partial charge in [-0.25, -0.2) is 0 Å². The summed E-state index contributed by atoms with van der Waals surface area (Å²) in [5, 5.41) is 0. The van der Waals surface area contributed by atoms with Gasteiger partial charge in [-0.2, -0.15) is 0 Å². The molecule has 17 heavy (non-hydrogen) atoms. The van der Waals surface area contributed by atoms with Crippen molar-refractivity contribution in [2.75, 3.05) is 0 Å². The molecule has 2 rings (SSSR count). The molecule has 0 N–H and O–H groups in total. The molecule has 0 aromatic rings. The molecule has 2 saturated carbocycles. The second-order valence-electron chi connectivity index (χ2n) is 4.64. The molecule has 2 heteroatoms. The van der Waals surface area contributed by atoms with Crippen LogP contribution in [0, 0.1) is 75.2 Å². The van der Waals surface area contributed by atoms with Gasteiger partial charge in [0, 0.05) is 0 Å². The van der Waals surface area contributed by atoms with Crippen molar-refractivity contribution in [3.8, 4) is 11.5 Å². The van der Waals surface area contributed by atoms with Crippen molar-refractivity contribution in [1.82, 2.24) is 0 Å². The zero-order valence-electron chi connectivity index (χ0n) is 10.5. The van der Waals surface area contributed by atoms with Crippen LogP contribution < -0.4 is 0 Å². The van der Waals surface area contributed by atoms with Gasteiger partial charge in [0.15, 0.2) is 0 Å². The Morgan fingerprint density at radius 1 is 0.765 bits per heavy atom. The smallest absolute Gasteiger partial charge is 0.131 e. The summed E-state index contributed by atoms with van der Waals surface area (Å²) in [6.45, 7) is 6.76. The summed E-state index contributed by atoms with van der Waals surface area (Å²) in [5.41, 5.74) is 3.31. The van der Waals surface area contributed by atoms with Gasteiger partial charge in [-0.05, 0) is 57.8 Å². The second kappa shape index (κ2) is 9.26. The Labute approximate surface area is 120 Å². The van der Waals surface area contributed by atoms with Gasteiger partial charge in [0.1, 0.15) is 8.07 Å². The van der Waals surface area contributed by atoms with Crippen molar-refractivity contribution >= 4 is 8.07 Å². The minimum Gasteiger partial charge on any atom is -0.131 e. The quantitative estimate of drug-likeness (QED) is 0.472. The number of hydrogen-bond donors (Lipinski definition) is 0. The SMILES string of the molecule is C[Si](C)(C)C#C[C]1[CH][CH][CH][CH]1.[CH]1[CH][CH][CH][CH]1.[Fe+2]. The van der Waals surface area contributed by atoms with Gasteiger partial charge in [-0.3, -0.25) is 0 Å². The molecular formula is C15H18FeSi+2. The maximum Gasteiger partial charge on any atom is 2.00 e. The summed E-state index contributed by atoms with van der Waals surface area (Å²) >= 11 is 0. The molecule has 0 unspecified atom stereocenters. The Hall–Kier alpha value is 0.296. The molecule has 2 aliphatic carbocycles. The van der Waals surface area contributed by atoms with Gasteiger partial charge in [0.05, 0.1) is 5.92 Å². The van der Waals surface area contributed by atoms with Crippen LogP contribution in [-0.2, 0) is 17.1 Å². The van der Waals surface area contributed by atoms with Crippen LogP contribution in [0.25, 0.3) is 0 Å². The summed E-state index contributed by atoms with van der Waals surface area (Å²) in [4.78, 5) is 0. The first kappa shape index (κ1) is 17.3. The first-order valence-electron chi connectivity index (χ1n) is 5.49. The predicted octanol–water partition coefficient (Wildman–Crippen LogP) is 3.29. The van der Waals surface area contributed by atoms with E-state index in [0.717, 1.165) is 5.92 Å². The summed E-state index contributed by atoms with van der Waals surface area (Å²) in [7, 11) is -1.17. The Morgan fingerprint density at radius 2 is 1.18 bits per heavy atom. The van der Waals surface area contributed by atoms with Crippen LogP contribution in [0.15, 0.2) is 0 Å². The predicted molar refractivity (Wildman–Crippen MR) is 73.1 cm³/mol. The molecule has 2 fully saturated rings. The van der Waals surface area contributed by atoms with Crippen molar-refractivity contribution < 1.29 is 17.1 Å². The molecule has 0 amide bonds. The molecule has 0 atom stereocenters. The first-order chi connectivity index (χ1) is 7.58. The van der Waals surface area contributed by atoms with E-state index in [0.29, 0.717) is 0 Å². The summed E-state index contributed by atoms with van der Waals surface area (Å²) in [6.07, 6.45) is 18.1. The van der Waals surface area contributed by atoms with Crippen LogP contribution in [0.2, 0.25) is 19.6 Å². The van der Waals surface area contributed by atoms with Crippen LogP contribution >= 0.6 is 0 Å². The molecule has 0 aliphatic heterocycles. The fourth-order valence-electron chi connectivity index (χ4n) is 1.04. The summed E-state index contributed by atoms with van der Waals surface area (Å²) in [6, 6.07) is 0. The van der Waals surface area contributed by atoms with E-state index in [1.54, 1.807) is 0 Å². The number of rotatable bonds is 0. The second-order valence-corrected chi connectivity index (χ2v) is 9.39. The summed E-state index contributed by atoms with van der Waals surface area (Å²) < 4.78 is 0. The van der Waals surface area contributed by atoms with Gasteiger partial charge < -0.3 is 0 Å². The number of hydrogen-bond acceptors (Lipinski definition) is 0. The minimum atomic E-state index is -1.17. The van der Waals surface area contributed by atoms with Crippen LogP contribution in [-0.4, -0.2) is 8.07 Å². The normalized spacial score (nSPS) is 19.7. The van der Waals surface area contributed by atoms with E-state index in [1.165, 1.54) is 0 Å². The van der Waals surface area contributed by atoms with Crippen molar-refractivity contribution in [3.05, 3.63) is 63.7 Å². The molecule has 0 spiro atoms. The van der Waals surface area contributed by atoms with E-state index in [2.05, 4.69) is 31.1 Å². The monoisotopic (exact) mass is 282 g/mol. The van der Waals surface area contributed by atoms with Crippen LogP contribution in [0.3, 0.4) is 0 Å². The van der Waals surface area contributed by atoms with Crippen LogP contribution in [0.4, 0.5) is 0 Å². The van der Waals surface area contributed by atoms with E-state index in [-0.39, 0.29) is 17.1 Å². The zero-order chi connectivity index (χ0) is 11.9. The molecule has 0 saturated heterocycles. The molecule has 0 heterocycles. The Kier molecular flexibility index (Phi) is 9.42. The standard InChI is InChI=1S/C10H13Si.C5H5.Fe/c1-11(2,3)9-8-10-6-4-5-7-10;1-2-4-5-3-1;/h4-7H,1-3H3;1-5H;/q;;+2. The maximum absolute atomic E-state index is 3.31. The van der Waals surface area contributed by atoms with E-state index in [9.17, 15) is 0 Å². The van der Waals surface area contributed by atoms with Crippen LogP contribution in [0.1, 0.15) is 0 Å².